The van der Waals surface area contributed by atoms with Gasteiger partial charge in [0.15, 0.2) is 0 Å². The standard InChI is InChI=1S/C15H21NO4/c1-16(11-15(19)6-8-20-9-7-15)10-12-2-4-13(5-3-12)14(17)18/h2-5,19H,6-11H2,1H3,(H,17,18). The van der Waals surface area contributed by atoms with Crippen LogP contribution in [0.4, 0.5) is 0 Å². The fourth-order valence-corrected chi connectivity index (χ4v) is 2.53. The smallest absolute Gasteiger partial charge is 0.335 e. The Morgan fingerprint density at radius 3 is 2.45 bits per heavy atom. The predicted octanol–water partition coefficient (Wildman–Crippen LogP) is 1.36. The fraction of sp³-hybridized carbons (Fsp3) is 0.533. The van der Waals surface area contributed by atoms with Crippen LogP contribution in [0.25, 0.3) is 0 Å². The number of aliphatic hydroxyl groups is 1. The van der Waals surface area contributed by atoms with Gasteiger partial charge >= 0.3 is 5.97 Å². The third-order valence-electron chi connectivity index (χ3n) is 3.64. The molecule has 5 heteroatoms. The Balaban J connectivity index is 1.90. The molecule has 1 saturated heterocycles. The minimum Gasteiger partial charge on any atom is -0.478 e. The second-order valence-electron chi connectivity index (χ2n) is 5.51. The van der Waals surface area contributed by atoms with Gasteiger partial charge in [0.2, 0.25) is 0 Å². The molecule has 0 radical (unpaired) electrons. The molecule has 1 aliphatic heterocycles. The molecule has 20 heavy (non-hydrogen) atoms. The van der Waals surface area contributed by atoms with Crippen molar-refractivity contribution in [3.05, 3.63) is 35.4 Å². The van der Waals surface area contributed by atoms with Crippen LogP contribution in [0.1, 0.15) is 28.8 Å². The van der Waals surface area contributed by atoms with Crippen LogP contribution in [-0.2, 0) is 11.3 Å². The van der Waals surface area contributed by atoms with Gasteiger partial charge < -0.3 is 14.9 Å². The highest BCUT2D eigenvalue weighted by Gasteiger charge is 2.30. The Morgan fingerprint density at radius 1 is 1.30 bits per heavy atom. The number of hydrogen-bond acceptors (Lipinski definition) is 4. The summed E-state index contributed by atoms with van der Waals surface area (Å²) in [6.07, 6.45) is 1.32. The Morgan fingerprint density at radius 2 is 1.90 bits per heavy atom. The van der Waals surface area contributed by atoms with Crippen LogP contribution in [0, 0.1) is 0 Å². The third kappa shape index (κ3) is 4.03. The van der Waals surface area contributed by atoms with E-state index in [1.807, 2.05) is 19.2 Å². The minimum absolute atomic E-state index is 0.291. The van der Waals surface area contributed by atoms with E-state index < -0.39 is 11.6 Å². The average Bonchev–Trinajstić information content (AvgIpc) is 2.39. The molecule has 0 aromatic heterocycles. The molecule has 0 amide bonds. The third-order valence-corrected chi connectivity index (χ3v) is 3.64. The first-order chi connectivity index (χ1) is 9.48. The van der Waals surface area contributed by atoms with Crippen LogP contribution in [0.5, 0.6) is 0 Å². The maximum atomic E-state index is 10.8. The Labute approximate surface area is 118 Å². The van der Waals surface area contributed by atoms with Crippen molar-refractivity contribution in [3.8, 4) is 0 Å². The van der Waals surface area contributed by atoms with Gasteiger partial charge in [-0.15, -0.1) is 0 Å². The highest BCUT2D eigenvalue weighted by atomic mass is 16.5. The normalized spacial score (nSPS) is 18.1. The van der Waals surface area contributed by atoms with Crippen molar-refractivity contribution in [2.24, 2.45) is 0 Å². The van der Waals surface area contributed by atoms with Gasteiger partial charge in [-0.2, -0.15) is 0 Å². The fourth-order valence-electron chi connectivity index (χ4n) is 2.53. The molecule has 0 saturated carbocycles. The number of benzene rings is 1. The van der Waals surface area contributed by atoms with Crippen molar-refractivity contribution in [1.82, 2.24) is 4.90 Å². The average molecular weight is 279 g/mol. The zero-order valence-electron chi connectivity index (χ0n) is 11.7. The molecule has 5 nitrogen and oxygen atoms in total. The lowest BCUT2D eigenvalue weighted by Crippen LogP contribution is -2.45. The second-order valence-corrected chi connectivity index (χ2v) is 5.51. The lowest BCUT2D eigenvalue weighted by Gasteiger charge is -2.35. The van der Waals surface area contributed by atoms with Crippen LogP contribution in [-0.4, -0.2) is 53.5 Å². The molecule has 2 rings (SSSR count). The van der Waals surface area contributed by atoms with Gasteiger partial charge in [0.25, 0.3) is 0 Å². The summed E-state index contributed by atoms with van der Waals surface area (Å²) >= 11 is 0. The van der Waals surface area contributed by atoms with Gasteiger partial charge in [-0.3, -0.25) is 4.90 Å². The molecule has 110 valence electrons. The number of carboxylic acid groups (broad SMARTS) is 1. The first-order valence-corrected chi connectivity index (χ1v) is 6.79. The van der Waals surface area contributed by atoms with E-state index in [0.29, 0.717) is 44.7 Å². The first-order valence-electron chi connectivity index (χ1n) is 6.79. The SMILES string of the molecule is CN(Cc1ccc(C(=O)O)cc1)CC1(O)CCOCC1. The lowest BCUT2D eigenvalue weighted by molar-refractivity contribution is -0.0777. The van der Waals surface area contributed by atoms with Crippen LogP contribution in [0.3, 0.4) is 0 Å². The maximum absolute atomic E-state index is 10.8. The topological polar surface area (TPSA) is 70.0 Å². The molecule has 0 aliphatic carbocycles. The highest BCUT2D eigenvalue weighted by molar-refractivity contribution is 5.87. The van der Waals surface area contributed by atoms with Crippen molar-refractivity contribution in [2.75, 3.05) is 26.8 Å². The van der Waals surface area contributed by atoms with E-state index in [0.717, 1.165) is 5.56 Å². The van der Waals surface area contributed by atoms with E-state index in [-0.39, 0.29) is 0 Å². The number of hydrogen-bond donors (Lipinski definition) is 2. The summed E-state index contributed by atoms with van der Waals surface area (Å²) in [4.78, 5) is 12.8. The van der Waals surface area contributed by atoms with E-state index in [2.05, 4.69) is 4.90 Å². The second kappa shape index (κ2) is 6.35. The zero-order valence-corrected chi connectivity index (χ0v) is 11.7. The summed E-state index contributed by atoms with van der Waals surface area (Å²) in [5.74, 6) is -0.915. The minimum atomic E-state index is -0.915. The van der Waals surface area contributed by atoms with Crippen molar-refractivity contribution in [1.29, 1.82) is 0 Å². The first kappa shape index (κ1) is 15.0. The van der Waals surface area contributed by atoms with Gasteiger partial charge in [0, 0.05) is 39.1 Å². The molecule has 2 N–H and O–H groups in total. The van der Waals surface area contributed by atoms with Crippen LogP contribution in [0.15, 0.2) is 24.3 Å². The van der Waals surface area contributed by atoms with Crippen LogP contribution in [0.2, 0.25) is 0 Å². The number of nitrogens with zero attached hydrogens (tertiary/aromatic N) is 1. The zero-order chi connectivity index (χ0) is 14.6. The van der Waals surface area contributed by atoms with E-state index in [1.54, 1.807) is 12.1 Å². The molecule has 0 bridgehead atoms. The van der Waals surface area contributed by atoms with Crippen LogP contribution < -0.4 is 0 Å². The largest absolute Gasteiger partial charge is 0.478 e. The number of carboxylic acids is 1. The molecule has 1 aromatic carbocycles. The van der Waals surface area contributed by atoms with E-state index in [1.165, 1.54) is 0 Å². The summed E-state index contributed by atoms with van der Waals surface area (Å²) in [6.45, 7) is 2.50. The Bertz CT molecular complexity index is 451. The van der Waals surface area contributed by atoms with Gasteiger partial charge in [-0.1, -0.05) is 12.1 Å². The van der Waals surface area contributed by atoms with Gasteiger partial charge in [-0.25, -0.2) is 4.79 Å². The number of ether oxygens (including phenoxy) is 1. The molecule has 1 aliphatic rings. The molecule has 0 spiro atoms. The van der Waals surface area contributed by atoms with E-state index in [4.69, 9.17) is 9.84 Å². The number of carbonyl (C=O) groups is 1. The summed E-state index contributed by atoms with van der Waals surface area (Å²) < 4.78 is 5.27. The Kier molecular flexibility index (Phi) is 4.75. The molecular weight excluding hydrogens is 258 g/mol. The number of aromatic carboxylic acids is 1. The van der Waals surface area contributed by atoms with Gasteiger partial charge in [0.1, 0.15) is 0 Å². The molecule has 1 aromatic rings. The lowest BCUT2D eigenvalue weighted by atomic mass is 9.94. The monoisotopic (exact) mass is 279 g/mol. The van der Waals surface area contributed by atoms with Crippen molar-refractivity contribution in [3.63, 3.8) is 0 Å². The summed E-state index contributed by atoms with van der Waals surface area (Å²) in [6, 6.07) is 6.84. The van der Waals surface area contributed by atoms with Crippen molar-refractivity contribution in [2.45, 2.75) is 25.0 Å². The van der Waals surface area contributed by atoms with Gasteiger partial charge in [0.05, 0.1) is 11.2 Å². The maximum Gasteiger partial charge on any atom is 0.335 e. The Hall–Kier alpha value is -1.43. The molecule has 0 unspecified atom stereocenters. The summed E-state index contributed by atoms with van der Waals surface area (Å²) in [5.41, 5.74) is 0.654. The predicted molar refractivity (Wildman–Crippen MR) is 74.7 cm³/mol. The molecular formula is C15H21NO4. The molecule has 1 fully saturated rings. The highest BCUT2D eigenvalue weighted by Crippen LogP contribution is 2.22. The van der Waals surface area contributed by atoms with Crippen molar-refractivity contribution < 1.29 is 19.7 Å². The summed E-state index contributed by atoms with van der Waals surface area (Å²) in [5, 5.41) is 19.3. The van der Waals surface area contributed by atoms with Crippen LogP contribution >= 0.6 is 0 Å². The molecule has 1 heterocycles. The summed E-state index contributed by atoms with van der Waals surface area (Å²) in [7, 11) is 1.96. The van der Waals surface area contributed by atoms with E-state index >= 15 is 0 Å². The number of likely N-dealkylation sites (N-methyl/N-ethyl adjacent to an activating group) is 1. The van der Waals surface area contributed by atoms with E-state index in [9.17, 15) is 9.90 Å². The number of rotatable bonds is 5. The van der Waals surface area contributed by atoms with Gasteiger partial charge in [-0.05, 0) is 24.7 Å². The quantitative estimate of drug-likeness (QED) is 0.851. The molecule has 0 atom stereocenters. The van der Waals surface area contributed by atoms with Crippen molar-refractivity contribution >= 4 is 5.97 Å².